The molecular formula is C17H28N2O. The van der Waals surface area contributed by atoms with Crippen molar-refractivity contribution in [2.45, 2.75) is 33.1 Å². The standard InChI is InChI=1S/C17H28N2O/c1-3-14-20-17-6-4-16(5-7-17)18-10-13-19-11-8-15(2)9-12-19/h4-7,15,18H,3,8-14H2,1-2H3. The molecule has 0 amide bonds. The van der Waals surface area contributed by atoms with Crippen LogP contribution in [0.5, 0.6) is 5.75 Å². The van der Waals surface area contributed by atoms with E-state index >= 15 is 0 Å². The Balaban J connectivity index is 1.66. The number of benzene rings is 1. The molecule has 0 atom stereocenters. The number of rotatable bonds is 7. The van der Waals surface area contributed by atoms with Gasteiger partial charge in [-0.2, -0.15) is 0 Å². The third kappa shape index (κ3) is 5.04. The monoisotopic (exact) mass is 276 g/mol. The lowest BCUT2D eigenvalue weighted by molar-refractivity contribution is 0.199. The van der Waals surface area contributed by atoms with Gasteiger partial charge in [0, 0.05) is 18.8 Å². The number of nitrogens with zero attached hydrogens (tertiary/aromatic N) is 1. The van der Waals surface area contributed by atoms with Crippen molar-refractivity contribution in [1.82, 2.24) is 4.90 Å². The summed E-state index contributed by atoms with van der Waals surface area (Å²) in [6.07, 6.45) is 3.75. The number of hydrogen-bond acceptors (Lipinski definition) is 3. The molecule has 2 rings (SSSR count). The lowest BCUT2D eigenvalue weighted by Crippen LogP contribution is -2.36. The number of hydrogen-bond donors (Lipinski definition) is 1. The first kappa shape index (κ1) is 15.2. The summed E-state index contributed by atoms with van der Waals surface area (Å²) in [5.74, 6) is 1.87. The Morgan fingerprint density at radius 3 is 2.55 bits per heavy atom. The molecule has 1 fully saturated rings. The molecule has 112 valence electrons. The lowest BCUT2D eigenvalue weighted by Gasteiger charge is -2.30. The van der Waals surface area contributed by atoms with E-state index in [2.05, 4.69) is 36.2 Å². The minimum Gasteiger partial charge on any atom is -0.494 e. The number of anilines is 1. The molecule has 0 spiro atoms. The smallest absolute Gasteiger partial charge is 0.119 e. The summed E-state index contributed by atoms with van der Waals surface area (Å²) in [6.45, 7) is 9.94. The minimum absolute atomic E-state index is 0.792. The van der Waals surface area contributed by atoms with Crippen LogP contribution in [0, 0.1) is 5.92 Å². The molecule has 1 N–H and O–H groups in total. The summed E-state index contributed by atoms with van der Waals surface area (Å²) in [7, 11) is 0. The second kappa shape index (κ2) is 8.15. The van der Waals surface area contributed by atoms with Crippen molar-refractivity contribution >= 4 is 5.69 Å². The first-order valence-electron chi connectivity index (χ1n) is 7.97. The average molecular weight is 276 g/mol. The maximum Gasteiger partial charge on any atom is 0.119 e. The van der Waals surface area contributed by atoms with E-state index in [9.17, 15) is 0 Å². The van der Waals surface area contributed by atoms with Crippen LogP contribution in [0.15, 0.2) is 24.3 Å². The van der Waals surface area contributed by atoms with Crippen LogP contribution < -0.4 is 10.1 Å². The first-order chi connectivity index (χ1) is 9.78. The van der Waals surface area contributed by atoms with Gasteiger partial charge in [0.05, 0.1) is 6.61 Å². The molecule has 1 aliphatic heterocycles. The summed E-state index contributed by atoms with van der Waals surface area (Å²) in [5, 5.41) is 3.49. The SMILES string of the molecule is CCCOc1ccc(NCCN2CCC(C)CC2)cc1. The average Bonchev–Trinajstić information content (AvgIpc) is 2.48. The Bertz CT molecular complexity index is 369. The fourth-order valence-electron chi connectivity index (χ4n) is 2.53. The molecule has 1 saturated heterocycles. The molecule has 3 heteroatoms. The van der Waals surface area contributed by atoms with Crippen molar-refractivity contribution < 1.29 is 4.74 Å². The van der Waals surface area contributed by atoms with Gasteiger partial charge in [0.1, 0.15) is 5.75 Å². The van der Waals surface area contributed by atoms with Crippen LogP contribution in [0.3, 0.4) is 0 Å². The van der Waals surface area contributed by atoms with E-state index in [0.717, 1.165) is 37.8 Å². The molecule has 1 aliphatic rings. The zero-order chi connectivity index (χ0) is 14.2. The van der Waals surface area contributed by atoms with Gasteiger partial charge < -0.3 is 15.0 Å². The third-order valence-corrected chi connectivity index (χ3v) is 3.96. The topological polar surface area (TPSA) is 24.5 Å². The Morgan fingerprint density at radius 2 is 1.90 bits per heavy atom. The van der Waals surface area contributed by atoms with Crippen LogP contribution >= 0.6 is 0 Å². The second-order valence-electron chi connectivity index (χ2n) is 5.82. The minimum atomic E-state index is 0.792. The molecule has 0 bridgehead atoms. The van der Waals surface area contributed by atoms with Gasteiger partial charge in [0.2, 0.25) is 0 Å². The Kier molecular flexibility index (Phi) is 6.19. The Labute approximate surface area is 123 Å². The van der Waals surface area contributed by atoms with Gasteiger partial charge in [-0.3, -0.25) is 0 Å². The molecule has 0 aromatic heterocycles. The predicted octanol–water partition coefficient (Wildman–Crippen LogP) is 3.62. The molecule has 1 aromatic carbocycles. The molecule has 0 aliphatic carbocycles. The maximum absolute atomic E-state index is 5.58. The Hall–Kier alpha value is -1.22. The van der Waals surface area contributed by atoms with Crippen molar-refractivity contribution in [2.75, 3.05) is 38.1 Å². The van der Waals surface area contributed by atoms with Crippen LogP contribution in [0.1, 0.15) is 33.1 Å². The molecule has 20 heavy (non-hydrogen) atoms. The van der Waals surface area contributed by atoms with E-state index < -0.39 is 0 Å². The highest BCUT2D eigenvalue weighted by atomic mass is 16.5. The molecule has 3 nitrogen and oxygen atoms in total. The van der Waals surface area contributed by atoms with Crippen LogP contribution in [-0.2, 0) is 0 Å². The zero-order valence-electron chi connectivity index (χ0n) is 12.9. The predicted molar refractivity (Wildman–Crippen MR) is 85.6 cm³/mol. The summed E-state index contributed by atoms with van der Waals surface area (Å²) in [5.41, 5.74) is 1.18. The van der Waals surface area contributed by atoms with Crippen LogP contribution in [-0.4, -0.2) is 37.7 Å². The fraction of sp³-hybridized carbons (Fsp3) is 0.647. The maximum atomic E-state index is 5.58. The highest BCUT2D eigenvalue weighted by Crippen LogP contribution is 2.17. The summed E-state index contributed by atoms with van der Waals surface area (Å²) >= 11 is 0. The van der Waals surface area contributed by atoms with E-state index in [4.69, 9.17) is 4.74 Å². The number of nitrogens with one attached hydrogen (secondary N) is 1. The van der Waals surface area contributed by atoms with Crippen molar-refractivity contribution in [3.63, 3.8) is 0 Å². The van der Waals surface area contributed by atoms with Gasteiger partial charge in [-0.1, -0.05) is 13.8 Å². The lowest BCUT2D eigenvalue weighted by atomic mass is 9.99. The van der Waals surface area contributed by atoms with Gasteiger partial charge in [-0.25, -0.2) is 0 Å². The molecular weight excluding hydrogens is 248 g/mol. The van der Waals surface area contributed by atoms with E-state index in [1.54, 1.807) is 0 Å². The highest BCUT2D eigenvalue weighted by Gasteiger charge is 2.14. The van der Waals surface area contributed by atoms with Crippen LogP contribution in [0.4, 0.5) is 5.69 Å². The largest absolute Gasteiger partial charge is 0.494 e. The number of ether oxygens (including phenoxy) is 1. The van der Waals surface area contributed by atoms with E-state index in [0.29, 0.717) is 0 Å². The molecule has 1 heterocycles. The normalized spacial score (nSPS) is 17.1. The van der Waals surface area contributed by atoms with Gasteiger partial charge >= 0.3 is 0 Å². The number of piperidine rings is 1. The van der Waals surface area contributed by atoms with Crippen LogP contribution in [0.25, 0.3) is 0 Å². The Morgan fingerprint density at radius 1 is 1.20 bits per heavy atom. The molecule has 0 unspecified atom stereocenters. The van der Waals surface area contributed by atoms with E-state index in [1.165, 1.54) is 31.6 Å². The van der Waals surface area contributed by atoms with Gasteiger partial charge in [0.25, 0.3) is 0 Å². The van der Waals surface area contributed by atoms with E-state index in [-0.39, 0.29) is 0 Å². The molecule has 0 saturated carbocycles. The molecule has 0 radical (unpaired) electrons. The van der Waals surface area contributed by atoms with Crippen molar-refractivity contribution in [3.8, 4) is 5.75 Å². The summed E-state index contributed by atoms with van der Waals surface area (Å²) < 4.78 is 5.58. The van der Waals surface area contributed by atoms with Crippen molar-refractivity contribution in [3.05, 3.63) is 24.3 Å². The summed E-state index contributed by atoms with van der Waals surface area (Å²) in [4.78, 5) is 2.56. The fourth-order valence-corrected chi connectivity index (χ4v) is 2.53. The molecule has 1 aromatic rings. The third-order valence-electron chi connectivity index (χ3n) is 3.96. The van der Waals surface area contributed by atoms with Gasteiger partial charge in [0.15, 0.2) is 0 Å². The van der Waals surface area contributed by atoms with Crippen molar-refractivity contribution in [2.24, 2.45) is 5.92 Å². The number of likely N-dealkylation sites (tertiary alicyclic amines) is 1. The van der Waals surface area contributed by atoms with E-state index in [1.807, 2.05) is 12.1 Å². The van der Waals surface area contributed by atoms with Crippen molar-refractivity contribution in [1.29, 1.82) is 0 Å². The first-order valence-corrected chi connectivity index (χ1v) is 7.97. The quantitative estimate of drug-likeness (QED) is 0.823. The summed E-state index contributed by atoms with van der Waals surface area (Å²) in [6, 6.07) is 8.29. The highest BCUT2D eigenvalue weighted by molar-refractivity contribution is 5.46. The van der Waals surface area contributed by atoms with Gasteiger partial charge in [-0.15, -0.1) is 0 Å². The van der Waals surface area contributed by atoms with Gasteiger partial charge in [-0.05, 0) is 62.5 Å². The second-order valence-corrected chi connectivity index (χ2v) is 5.82. The van der Waals surface area contributed by atoms with Crippen LogP contribution in [0.2, 0.25) is 0 Å². The zero-order valence-corrected chi connectivity index (χ0v) is 12.9.